The molecule has 0 aliphatic heterocycles. The van der Waals surface area contributed by atoms with E-state index < -0.39 is 0 Å². The maximum atomic E-state index is 13.1. The standard InChI is InChI=1S/C19H11FN6O/c20-13-5-7-14(8-6-13)26-11-16(23-25-26)18-22-19(27-24-18)17-15-4-2-1-3-12(15)9-10-21-17/h1-11H. The lowest BCUT2D eigenvalue weighted by Crippen LogP contribution is -1.94. The lowest BCUT2D eigenvalue weighted by atomic mass is 10.1. The van der Waals surface area contributed by atoms with Crippen LogP contribution >= 0.6 is 0 Å². The molecule has 0 atom stereocenters. The smallest absolute Gasteiger partial charge is 0.277 e. The molecule has 0 fully saturated rings. The van der Waals surface area contributed by atoms with Gasteiger partial charge in [-0.1, -0.05) is 34.6 Å². The van der Waals surface area contributed by atoms with Crippen molar-refractivity contribution in [2.24, 2.45) is 0 Å². The number of pyridine rings is 1. The summed E-state index contributed by atoms with van der Waals surface area (Å²) < 4.78 is 20.0. The molecule has 7 nitrogen and oxygen atoms in total. The second-order valence-corrected chi connectivity index (χ2v) is 5.83. The highest BCUT2D eigenvalue weighted by Gasteiger charge is 2.16. The van der Waals surface area contributed by atoms with Gasteiger partial charge in [-0.25, -0.2) is 9.07 Å². The normalized spacial score (nSPS) is 11.1. The van der Waals surface area contributed by atoms with Crippen molar-refractivity contribution in [1.82, 2.24) is 30.1 Å². The molecule has 5 aromatic rings. The lowest BCUT2D eigenvalue weighted by molar-refractivity contribution is 0.431. The summed E-state index contributed by atoms with van der Waals surface area (Å²) in [6, 6.07) is 15.7. The first-order chi connectivity index (χ1) is 13.3. The SMILES string of the molecule is Fc1ccc(-n2cc(-c3noc(-c4nccc5ccccc45)n3)nn2)cc1. The van der Waals surface area contributed by atoms with Crippen LogP contribution in [0.15, 0.2) is 71.5 Å². The van der Waals surface area contributed by atoms with Crippen LogP contribution in [0.4, 0.5) is 4.39 Å². The zero-order valence-corrected chi connectivity index (χ0v) is 13.8. The first-order valence-corrected chi connectivity index (χ1v) is 8.14. The van der Waals surface area contributed by atoms with E-state index in [1.165, 1.54) is 16.8 Å². The summed E-state index contributed by atoms with van der Waals surface area (Å²) in [5, 5.41) is 14.0. The predicted molar refractivity (Wildman–Crippen MR) is 95.3 cm³/mol. The second-order valence-electron chi connectivity index (χ2n) is 5.83. The Morgan fingerprint density at radius 3 is 2.70 bits per heavy atom. The van der Waals surface area contributed by atoms with Crippen LogP contribution < -0.4 is 0 Å². The van der Waals surface area contributed by atoms with Crippen molar-refractivity contribution in [2.45, 2.75) is 0 Å². The fourth-order valence-corrected chi connectivity index (χ4v) is 2.80. The predicted octanol–water partition coefficient (Wildman–Crippen LogP) is 3.67. The Kier molecular flexibility index (Phi) is 3.46. The van der Waals surface area contributed by atoms with Gasteiger partial charge < -0.3 is 4.52 Å². The Balaban J connectivity index is 1.52. The zero-order valence-electron chi connectivity index (χ0n) is 13.8. The maximum Gasteiger partial charge on any atom is 0.277 e. The highest BCUT2D eigenvalue weighted by Crippen LogP contribution is 2.26. The Morgan fingerprint density at radius 1 is 0.963 bits per heavy atom. The van der Waals surface area contributed by atoms with Crippen molar-refractivity contribution in [2.75, 3.05) is 0 Å². The third-order valence-corrected chi connectivity index (χ3v) is 4.12. The quantitative estimate of drug-likeness (QED) is 0.489. The first-order valence-electron chi connectivity index (χ1n) is 8.14. The molecule has 2 aromatic carbocycles. The molecule has 0 aliphatic rings. The molecule has 5 rings (SSSR count). The van der Waals surface area contributed by atoms with Crippen LogP contribution in [0.3, 0.4) is 0 Å². The van der Waals surface area contributed by atoms with Crippen LogP contribution in [0.2, 0.25) is 0 Å². The second kappa shape index (κ2) is 6.10. The number of rotatable bonds is 3. The Bertz CT molecular complexity index is 1240. The Morgan fingerprint density at radius 2 is 1.81 bits per heavy atom. The van der Waals surface area contributed by atoms with E-state index in [4.69, 9.17) is 4.52 Å². The number of halogens is 1. The molecular weight excluding hydrogens is 347 g/mol. The van der Waals surface area contributed by atoms with Crippen LogP contribution in [-0.2, 0) is 0 Å². The van der Waals surface area contributed by atoms with E-state index in [1.54, 1.807) is 24.5 Å². The van der Waals surface area contributed by atoms with Crippen LogP contribution in [0.25, 0.3) is 39.6 Å². The van der Waals surface area contributed by atoms with E-state index >= 15 is 0 Å². The molecule has 8 heteroatoms. The molecule has 0 saturated heterocycles. The van der Waals surface area contributed by atoms with Gasteiger partial charge in [0.05, 0.1) is 11.9 Å². The van der Waals surface area contributed by atoms with E-state index in [1.807, 2.05) is 30.3 Å². The summed E-state index contributed by atoms with van der Waals surface area (Å²) >= 11 is 0. The number of hydrogen-bond acceptors (Lipinski definition) is 6. The minimum Gasteiger partial charge on any atom is -0.332 e. The number of nitrogens with zero attached hydrogens (tertiary/aromatic N) is 6. The molecular formula is C19H11FN6O. The molecule has 0 spiro atoms. The molecule has 0 bridgehead atoms. The summed E-state index contributed by atoms with van der Waals surface area (Å²) in [5.74, 6) is 0.288. The lowest BCUT2D eigenvalue weighted by Gasteiger charge is -2.00. The highest BCUT2D eigenvalue weighted by molar-refractivity contribution is 5.92. The third-order valence-electron chi connectivity index (χ3n) is 4.12. The van der Waals surface area contributed by atoms with Gasteiger partial charge in [-0.3, -0.25) is 4.98 Å². The van der Waals surface area contributed by atoms with Crippen molar-refractivity contribution in [3.05, 3.63) is 72.8 Å². The minimum absolute atomic E-state index is 0.299. The van der Waals surface area contributed by atoms with Gasteiger partial charge in [0, 0.05) is 11.6 Å². The fourth-order valence-electron chi connectivity index (χ4n) is 2.80. The molecule has 130 valence electrons. The molecule has 27 heavy (non-hydrogen) atoms. The average Bonchev–Trinajstić information content (AvgIpc) is 3.38. The largest absolute Gasteiger partial charge is 0.332 e. The van der Waals surface area contributed by atoms with Gasteiger partial charge >= 0.3 is 0 Å². The van der Waals surface area contributed by atoms with E-state index in [9.17, 15) is 4.39 Å². The topological polar surface area (TPSA) is 82.5 Å². The molecule has 0 saturated carbocycles. The molecule has 0 aliphatic carbocycles. The summed E-state index contributed by atoms with van der Waals surface area (Å²) in [6.45, 7) is 0. The number of fused-ring (bicyclic) bond motifs is 1. The molecule has 3 aromatic heterocycles. The van der Waals surface area contributed by atoms with Crippen LogP contribution in [0, 0.1) is 5.82 Å². The van der Waals surface area contributed by atoms with Crippen LogP contribution in [0.1, 0.15) is 0 Å². The zero-order chi connectivity index (χ0) is 18.2. The van der Waals surface area contributed by atoms with Gasteiger partial charge in [0.25, 0.3) is 5.89 Å². The van der Waals surface area contributed by atoms with Gasteiger partial charge in [-0.05, 0) is 35.7 Å². The van der Waals surface area contributed by atoms with Crippen LogP contribution in [-0.4, -0.2) is 30.1 Å². The number of benzene rings is 2. The molecule has 0 N–H and O–H groups in total. The number of hydrogen-bond donors (Lipinski definition) is 0. The van der Waals surface area contributed by atoms with E-state index in [0.29, 0.717) is 28.8 Å². The summed E-state index contributed by atoms with van der Waals surface area (Å²) in [6.07, 6.45) is 3.35. The van der Waals surface area contributed by atoms with Gasteiger partial charge in [0.1, 0.15) is 11.5 Å². The molecule has 0 unspecified atom stereocenters. The van der Waals surface area contributed by atoms with Crippen molar-refractivity contribution in [1.29, 1.82) is 0 Å². The van der Waals surface area contributed by atoms with Crippen molar-refractivity contribution >= 4 is 10.8 Å². The Labute approximate surface area is 152 Å². The minimum atomic E-state index is -0.315. The molecule has 3 heterocycles. The monoisotopic (exact) mass is 358 g/mol. The molecule has 0 radical (unpaired) electrons. The van der Waals surface area contributed by atoms with Gasteiger partial charge in [-0.15, -0.1) is 5.10 Å². The number of aromatic nitrogens is 6. The van der Waals surface area contributed by atoms with Crippen molar-refractivity contribution < 1.29 is 8.91 Å². The van der Waals surface area contributed by atoms with Crippen molar-refractivity contribution in [3.8, 4) is 28.8 Å². The highest BCUT2D eigenvalue weighted by atomic mass is 19.1. The van der Waals surface area contributed by atoms with E-state index in [2.05, 4.69) is 25.4 Å². The van der Waals surface area contributed by atoms with Gasteiger partial charge in [-0.2, -0.15) is 4.98 Å². The average molecular weight is 358 g/mol. The van der Waals surface area contributed by atoms with Crippen LogP contribution in [0.5, 0.6) is 0 Å². The van der Waals surface area contributed by atoms with Gasteiger partial charge in [0.15, 0.2) is 5.69 Å². The third kappa shape index (κ3) is 2.73. The summed E-state index contributed by atoms with van der Waals surface area (Å²) in [5.41, 5.74) is 1.72. The van der Waals surface area contributed by atoms with Gasteiger partial charge in [0.2, 0.25) is 5.82 Å². The maximum absolute atomic E-state index is 13.1. The van der Waals surface area contributed by atoms with Crippen molar-refractivity contribution in [3.63, 3.8) is 0 Å². The summed E-state index contributed by atoms with van der Waals surface area (Å²) in [4.78, 5) is 8.78. The first kappa shape index (κ1) is 15.3. The Hall–Kier alpha value is -3.94. The fraction of sp³-hybridized carbons (Fsp3) is 0. The molecule has 0 amide bonds. The van der Waals surface area contributed by atoms with E-state index in [-0.39, 0.29) is 5.82 Å². The summed E-state index contributed by atoms with van der Waals surface area (Å²) in [7, 11) is 0. The van der Waals surface area contributed by atoms with E-state index in [0.717, 1.165) is 10.8 Å².